The maximum absolute atomic E-state index is 10.6. The molecule has 1 aliphatic carbocycles. The Balaban J connectivity index is 2.21. The van der Waals surface area contributed by atoms with Crippen molar-refractivity contribution >= 4 is 22.9 Å². The van der Waals surface area contributed by atoms with E-state index in [1.165, 1.54) is 37.0 Å². The van der Waals surface area contributed by atoms with Gasteiger partial charge in [0.1, 0.15) is 0 Å². The predicted octanol–water partition coefficient (Wildman–Crippen LogP) is 3.73. The van der Waals surface area contributed by atoms with E-state index in [1.54, 1.807) is 0 Å². The molecule has 1 heterocycles. The van der Waals surface area contributed by atoms with Crippen molar-refractivity contribution in [2.75, 3.05) is 6.54 Å². The normalized spacial score (nSPS) is 22.1. The maximum atomic E-state index is 10.6. The van der Waals surface area contributed by atoms with Gasteiger partial charge in [-0.15, -0.1) is 11.3 Å². The van der Waals surface area contributed by atoms with Crippen LogP contribution in [0.5, 0.6) is 0 Å². The third-order valence-corrected chi connectivity index (χ3v) is 5.23. The van der Waals surface area contributed by atoms with Gasteiger partial charge in [0, 0.05) is 16.8 Å². The van der Waals surface area contributed by atoms with Gasteiger partial charge in [-0.25, -0.2) is 0 Å². The highest BCUT2D eigenvalue weighted by atomic mass is 35.5. The van der Waals surface area contributed by atoms with Crippen molar-refractivity contribution < 1.29 is 5.11 Å². The van der Waals surface area contributed by atoms with Gasteiger partial charge in [-0.3, -0.25) is 0 Å². The zero-order chi connectivity index (χ0) is 12.3. The van der Waals surface area contributed by atoms with Crippen molar-refractivity contribution in [1.82, 2.24) is 0 Å². The molecule has 1 atom stereocenters. The van der Waals surface area contributed by atoms with Crippen LogP contribution in [0.1, 0.15) is 49.5 Å². The van der Waals surface area contributed by atoms with Crippen LogP contribution in [-0.2, 0) is 0 Å². The zero-order valence-corrected chi connectivity index (χ0v) is 11.6. The summed E-state index contributed by atoms with van der Waals surface area (Å²) in [5.74, 6) is 0. The highest BCUT2D eigenvalue weighted by Gasteiger charge is 2.38. The first kappa shape index (κ1) is 13.3. The summed E-state index contributed by atoms with van der Waals surface area (Å²) < 4.78 is 0.736. The second kappa shape index (κ2) is 5.70. The summed E-state index contributed by atoms with van der Waals surface area (Å²) in [5, 5.41) is 10.6. The minimum absolute atomic E-state index is 0.134. The quantitative estimate of drug-likeness (QED) is 0.824. The van der Waals surface area contributed by atoms with E-state index < -0.39 is 6.10 Å². The first-order chi connectivity index (χ1) is 8.18. The smallest absolute Gasteiger partial charge is 0.0950 e. The Hall–Kier alpha value is -0.0900. The molecule has 0 spiro atoms. The molecule has 0 saturated heterocycles. The van der Waals surface area contributed by atoms with Crippen LogP contribution in [0.2, 0.25) is 4.34 Å². The molecule has 1 aliphatic rings. The molecular weight excluding hydrogens is 254 g/mol. The SMILES string of the molecule is NCC1(C(O)c2ccc(Cl)s2)CCCCCC1. The van der Waals surface area contributed by atoms with Gasteiger partial charge in [0.2, 0.25) is 0 Å². The van der Waals surface area contributed by atoms with E-state index in [4.69, 9.17) is 17.3 Å². The molecule has 1 saturated carbocycles. The Bertz CT molecular complexity index is 358. The minimum atomic E-state index is -0.455. The van der Waals surface area contributed by atoms with E-state index in [9.17, 15) is 5.11 Å². The molecule has 1 unspecified atom stereocenters. The van der Waals surface area contributed by atoms with Gasteiger partial charge in [-0.1, -0.05) is 37.3 Å². The van der Waals surface area contributed by atoms with Crippen molar-refractivity contribution in [2.24, 2.45) is 11.1 Å². The van der Waals surface area contributed by atoms with Crippen molar-refractivity contribution in [3.05, 3.63) is 21.3 Å². The molecule has 0 bridgehead atoms. The van der Waals surface area contributed by atoms with Gasteiger partial charge in [0.15, 0.2) is 0 Å². The van der Waals surface area contributed by atoms with E-state index >= 15 is 0 Å². The highest BCUT2D eigenvalue weighted by molar-refractivity contribution is 7.16. The van der Waals surface area contributed by atoms with Crippen LogP contribution in [0.25, 0.3) is 0 Å². The molecule has 2 nitrogen and oxygen atoms in total. The molecule has 0 radical (unpaired) electrons. The summed E-state index contributed by atoms with van der Waals surface area (Å²) in [6.07, 6.45) is 6.48. The van der Waals surface area contributed by atoms with Gasteiger partial charge in [-0.05, 0) is 25.0 Å². The summed E-state index contributed by atoms with van der Waals surface area (Å²) in [7, 11) is 0. The molecule has 2 rings (SSSR count). The molecule has 1 aromatic heterocycles. The third kappa shape index (κ3) is 2.84. The van der Waals surface area contributed by atoms with E-state index in [2.05, 4.69) is 0 Å². The highest BCUT2D eigenvalue weighted by Crippen LogP contribution is 2.46. The Kier molecular flexibility index (Phi) is 4.47. The molecule has 3 N–H and O–H groups in total. The monoisotopic (exact) mass is 273 g/mol. The average molecular weight is 274 g/mol. The van der Waals surface area contributed by atoms with Gasteiger partial charge < -0.3 is 10.8 Å². The fraction of sp³-hybridized carbons (Fsp3) is 0.692. The lowest BCUT2D eigenvalue weighted by Gasteiger charge is -2.36. The number of hydrogen-bond donors (Lipinski definition) is 2. The van der Waals surface area contributed by atoms with Crippen molar-refractivity contribution in [2.45, 2.75) is 44.6 Å². The molecule has 96 valence electrons. The summed E-state index contributed by atoms with van der Waals surface area (Å²) in [5.41, 5.74) is 5.83. The van der Waals surface area contributed by atoms with Crippen molar-refractivity contribution in [1.29, 1.82) is 0 Å². The number of hydrogen-bond acceptors (Lipinski definition) is 3. The van der Waals surface area contributed by atoms with Crippen LogP contribution >= 0.6 is 22.9 Å². The zero-order valence-electron chi connectivity index (χ0n) is 9.99. The van der Waals surface area contributed by atoms with Crippen LogP contribution in [0.15, 0.2) is 12.1 Å². The van der Waals surface area contributed by atoms with Crippen molar-refractivity contribution in [3.8, 4) is 0 Å². The lowest BCUT2D eigenvalue weighted by Crippen LogP contribution is -2.36. The van der Waals surface area contributed by atoms with Gasteiger partial charge in [-0.2, -0.15) is 0 Å². The first-order valence-corrected chi connectivity index (χ1v) is 7.51. The lowest BCUT2D eigenvalue weighted by atomic mass is 9.75. The Labute approximate surface area is 112 Å². The van der Waals surface area contributed by atoms with Gasteiger partial charge >= 0.3 is 0 Å². The van der Waals surface area contributed by atoms with Crippen LogP contribution in [0.3, 0.4) is 0 Å². The van der Waals surface area contributed by atoms with Gasteiger partial charge in [0.05, 0.1) is 10.4 Å². The third-order valence-electron chi connectivity index (χ3n) is 3.95. The number of aliphatic hydroxyl groups is 1. The number of halogens is 1. The second-order valence-corrected chi connectivity index (χ2v) is 6.77. The minimum Gasteiger partial charge on any atom is -0.387 e. The lowest BCUT2D eigenvalue weighted by molar-refractivity contribution is 0.0193. The Morgan fingerprint density at radius 1 is 1.29 bits per heavy atom. The van der Waals surface area contributed by atoms with E-state index in [0.717, 1.165) is 22.1 Å². The topological polar surface area (TPSA) is 46.2 Å². The Morgan fingerprint density at radius 3 is 2.41 bits per heavy atom. The van der Waals surface area contributed by atoms with Gasteiger partial charge in [0.25, 0.3) is 0 Å². The number of nitrogens with two attached hydrogens (primary N) is 1. The molecule has 4 heteroatoms. The molecule has 0 aromatic carbocycles. The molecule has 0 amide bonds. The largest absolute Gasteiger partial charge is 0.387 e. The van der Waals surface area contributed by atoms with Crippen LogP contribution < -0.4 is 5.73 Å². The number of rotatable bonds is 3. The molecule has 0 aliphatic heterocycles. The van der Waals surface area contributed by atoms with Crippen LogP contribution in [0.4, 0.5) is 0 Å². The molecular formula is C13H20ClNOS. The number of thiophene rings is 1. The number of aliphatic hydroxyl groups excluding tert-OH is 1. The van der Waals surface area contributed by atoms with Crippen LogP contribution in [-0.4, -0.2) is 11.7 Å². The van der Waals surface area contributed by atoms with E-state index in [-0.39, 0.29) is 5.41 Å². The fourth-order valence-corrected chi connectivity index (χ4v) is 3.99. The predicted molar refractivity (Wildman–Crippen MR) is 73.5 cm³/mol. The first-order valence-electron chi connectivity index (χ1n) is 6.31. The summed E-state index contributed by atoms with van der Waals surface area (Å²) in [6, 6.07) is 3.78. The Morgan fingerprint density at radius 2 is 1.94 bits per heavy atom. The summed E-state index contributed by atoms with van der Waals surface area (Å²) in [6.45, 7) is 0.559. The maximum Gasteiger partial charge on any atom is 0.0950 e. The molecule has 17 heavy (non-hydrogen) atoms. The van der Waals surface area contributed by atoms with E-state index in [0.29, 0.717) is 6.54 Å². The van der Waals surface area contributed by atoms with Crippen molar-refractivity contribution in [3.63, 3.8) is 0 Å². The van der Waals surface area contributed by atoms with E-state index in [1.807, 2.05) is 12.1 Å². The second-order valence-electron chi connectivity index (χ2n) is 5.03. The summed E-state index contributed by atoms with van der Waals surface area (Å²) >= 11 is 7.41. The molecule has 1 fully saturated rings. The van der Waals surface area contributed by atoms with Crippen LogP contribution in [0, 0.1) is 5.41 Å². The molecule has 1 aromatic rings. The summed E-state index contributed by atoms with van der Waals surface area (Å²) in [4.78, 5) is 0.961. The average Bonchev–Trinajstić information content (AvgIpc) is 2.64. The standard InChI is InChI=1S/C13H20ClNOS/c14-11-6-5-10(17-11)12(16)13(9-15)7-3-1-2-4-8-13/h5-6,12,16H,1-4,7-9,15H2. The fourth-order valence-electron chi connectivity index (χ4n) is 2.80.